The summed E-state index contributed by atoms with van der Waals surface area (Å²) < 4.78 is 6.40. The summed E-state index contributed by atoms with van der Waals surface area (Å²) in [7, 11) is 1.66. The molecule has 1 unspecified atom stereocenters. The van der Waals surface area contributed by atoms with E-state index < -0.39 is 11.4 Å². The Morgan fingerprint density at radius 2 is 2.24 bits per heavy atom. The van der Waals surface area contributed by atoms with Gasteiger partial charge in [0.2, 0.25) is 0 Å². The van der Waals surface area contributed by atoms with Gasteiger partial charge in [-0.1, -0.05) is 29.8 Å². The molecule has 116 valence electrons. The highest BCUT2D eigenvalue weighted by atomic mass is 79.9. The maximum Gasteiger partial charge on any atom is 0.311 e. The fourth-order valence-electron chi connectivity index (χ4n) is 3.05. The molecule has 1 heterocycles. The number of halogens is 1. The van der Waals surface area contributed by atoms with Crippen molar-refractivity contribution >= 4 is 21.9 Å². The molecule has 0 spiro atoms. The average Bonchev–Trinajstić information content (AvgIpc) is 2.84. The molecule has 1 aliphatic heterocycles. The zero-order valence-electron chi connectivity index (χ0n) is 12.7. The van der Waals surface area contributed by atoms with Crippen molar-refractivity contribution in [2.24, 2.45) is 11.3 Å². The maximum atomic E-state index is 11.7. The quantitative estimate of drug-likeness (QED) is 0.879. The molecule has 0 aromatic heterocycles. The summed E-state index contributed by atoms with van der Waals surface area (Å²) in [6, 6.07) is 5.92. The zero-order valence-corrected chi connectivity index (χ0v) is 14.3. The molecule has 1 atom stereocenters. The van der Waals surface area contributed by atoms with E-state index in [-0.39, 0.29) is 5.92 Å². The van der Waals surface area contributed by atoms with E-state index >= 15 is 0 Å². The Morgan fingerprint density at radius 3 is 2.76 bits per heavy atom. The number of carboxylic acid groups (broad SMARTS) is 1. The highest BCUT2D eigenvalue weighted by Crippen LogP contribution is 2.39. The van der Waals surface area contributed by atoms with E-state index in [4.69, 9.17) is 4.74 Å². The Bertz CT molecular complexity index is 532. The summed E-state index contributed by atoms with van der Waals surface area (Å²) in [6.45, 7) is 6.11. The normalized spacial score (nSPS) is 22.7. The molecular weight excluding hydrogens is 334 g/mol. The molecule has 1 N–H and O–H groups in total. The highest BCUT2D eigenvalue weighted by molar-refractivity contribution is 9.10. The lowest BCUT2D eigenvalue weighted by Gasteiger charge is -2.29. The van der Waals surface area contributed by atoms with Gasteiger partial charge in [0.1, 0.15) is 5.75 Å². The number of nitrogens with zero attached hydrogens (tertiary/aromatic N) is 1. The van der Waals surface area contributed by atoms with E-state index in [1.54, 1.807) is 7.11 Å². The number of rotatable bonds is 5. The van der Waals surface area contributed by atoms with Crippen LogP contribution >= 0.6 is 15.9 Å². The predicted octanol–water partition coefficient (Wildman–Crippen LogP) is 3.39. The van der Waals surface area contributed by atoms with Crippen LogP contribution in [-0.4, -0.2) is 36.2 Å². The number of carbonyl (C=O) groups is 1. The summed E-state index contributed by atoms with van der Waals surface area (Å²) in [5.74, 6) is 0.293. The Hall–Kier alpha value is -1.07. The summed E-state index contributed by atoms with van der Waals surface area (Å²) in [5.41, 5.74) is 0.455. The van der Waals surface area contributed by atoms with Crippen LogP contribution in [-0.2, 0) is 11.3 Å². The number of hydrogen-bond donors (Lipinski definition) is 1. The van der Waals surface area contributed by atoms with Crippen LogP contribution in [0.2, 0.25) is 0 Å². The Balaban J connectivity index is 2.16. The standard InChI is InChI=1S/C16H22BrNO3/c1-11(2)16(15(19)20)6-7-18(10-16)9-12-8-13(17)4-5-14(12)21-3/h4-5,8,11H,6-7,9-10H2,1-3H3,(H,19,20). The minimum Gasteiger partial charge on any atom is -0.496 e. The van der Waals surface area contributed by atoms with Crippen LogP contribution in [0.4, 0.5) is 0 Å². The van der Waals surface area contributed by atoms with E-state index in [0.29, 0.717) is 19.5 Å². The zero-order chi connectivity index (χ0) is 15.6. The largest absolute Gasteiger partial charge is 0.496 e. The van der Waals surface area contributed by atoms with Gasteiger partial charge in [-0.05, 0) is 37.1 Å². The minimum absolute atomic E-state index is 0.129. The van der Waals surface area contributed by atoms with Gasteiger partial charge < -0.3 is 9.84 Å². The average molecular weight is 356 g/mol. The third kappa shape index (κ3) is 3.24. The lowest BCUT2D eigenvalue weighted by molar-refractivity contribution is -0.151. The van der Waals surface area contributed by atoms with Crippen molar-refractivity contribution in [3.63, 3.8) is 0 Å². The summed E-state index contributed by atoms with van der Waals surface area (Å²) in [4.78, 5) is 13.9. The van der Waals surface area contributed by atoms with Gasteiger partial charge in [0.15, 0.2) is 0 Å². The van der Waals surface area contributed by atoms with Crippen LogP contribution in [0.15, 0.2) is 22.7 Å². The monoisotopic (exact) mass is 355 g/mol. The van der Waals surface area contributed by atoms with Crippen molar-refractivity contribution in [1.29, 1.82) is 0 Å². The van der Waals surface area contributed by atoms with Crippen LogP contribution in [0, 0.1) is 11.3 Å². The first-order valence-electron chi connectivity index (χ1n) is 7.17. The highest BCUT2D eigenvalue weighted by Gasteiger charge is 2.47. The van der Waals surface area contributed by atoms with Crippen LogP contribution in [0.5, 0.6) is 5.75 Å². The molecule has 1 aliphatic rings. The molecule has 0 aliphatic carbocycles. The number of aliphatic carboxylic acids is 1. The first-order valence-corrected chi connectivity index (χ1v) is 7.96. The first kappa shape index (κ1) is 16.3. The molecular formula is C16H22BrNO3. The van der Waals surface area contributed by atoms with E-state index in [1.165, 1.54) is 0 Å². The second-order valence-electron chi connectivity index (χ2n) is 6.03. The molecule has 1 fully saturated rings. The Labute approximate surface area is 134 Å². The van der Waals surface area contributed by atoms with Gasteiger partial charge in [0.25, 0.3) is 0 Å². The van der Waals surface area contributed by atoms with Gasteiger partial charge in [-0.25, -0.2) is 0 Å². The number of hydrogen-bond acceptors (Lipinski definition) is 3. The second kappa shape index (κ2) is 6.36. The van der Waals surface area contributed by atoms with Crippen molar-refractivity contribution in [3.8, 4) is 5.75 Å². The fraction of sp³-hybridized carbons (Fsp3) is 0.562. The molecule has 1 aromatic rings. The number of likely N-dealkylation sites (tertiary alicyclic amines) is 1. The molecule has 5 heteroatoms. The van der Waals surface area contributed by atoms with Gasteiger partial charge in [-0.3, -0.25) is 9.69 Å². The number of methoxy groups -OCH3 is 1. The van der Waals surface area contributed by atoms with Gasteiger partial charge in [-0.15, -0.1) is 0 Å². The number of ether oxygens (including phenoxy) is 1. The van der Waals surface area contributed by atoms with Crippen molar-refractivity contribution in [1.82, 2.24) is 4.90 Å². The van der Waals surface area contributed by atoms with E-state index in [9.17, 15) is 9.90 Å². The van der Waals surface area contributed by atoms with Crippen molar-refractivity contribution in [3.05, 3.63) is 28.2 Å². The third-order valence-electron chi connectivity index (χ3n) is 4.55. The van der Waals surface area contributed by atoms with Crippen LogP contribution in [0.1, 0.15) is 25.8 Å². The van der Waals surface area contributed by atoms with Gasteiger partial charge >= 0.3 is 5.97 Å². The fourth-order valence-corrected chi connectivity index (χ4v) is 3.46. The molecule has 4 nitrogen and oxygen atoms in total. The molecule has 0 amide bonds. The van der Waals surface area contributed by atoms with Crippen molar-refractivity contribution < 1.29 is 14.6 Å². The number of benzene rings is 1. The summed E-state index contributed by atoms with van der Waals surface area (Å²) in [5, 5.41) is 9.60. The van der Waals surface area contributed by atoms with E-state index in [1.807, 2.05) is 32.0 Å². The SMILES string of the molecule is COc1ccc(Br)cc1CN1CCC(C(=O)O)(C(C)C)C1. The lowest BCUT2D eigenvalue weighted by Crippen LogP contribution is -2.39. The molecule has 2 rings (SSSR count). The third-order valence-corrected chi connectivity index (χ3v) is 5.04. The van der Waals surface area contributed by atoms with Crippen LogP contribution in [0.3, 0.4) is 0 Å². The number of carboxylic acids is 1. The van der Waals surface area contributed by atoms with E-state index in [0.717, 1.165) is 22.3 Å². The van der Waals surface area contributed by atoms with Crippen LogP contribution in [0.25, 0.3) is 0 Å². The first-order chi connectivity index (χ1) is 9.89. The molecule has 1 saturated heterocycles. The van der Waals surface area contributed by atoms with Crippen molar-refractivity contribution in [2.45, 2.75) is 26.8 Å². The maximum absolute atomic E-state index is 11.7. The van der Waals surface area contributed by atoms with Gasteiger partial charge in [-0.2, -0.15) is 0 Å². The van der Waals surface area contributed by atoms with Gasteiger partial charge in [0, 0.05) is 23.1 Å². The Morgan fingerprint density at radius 1 is 1.52 bits per heavy atom. The summed E-state index contributed by atoms with van der Waals surface area (Å²) in [6.07, 6.45) is 0.705. The van der Waals surface area contributed by atoms with E-state index in [2.05, 4.69) is 20.8 Å². The van der Waals surface area contributed by atoms with Gasteiger partial charge in [0.05, 0.1) is 12.5 Å². The molecule has 0 radical (unpaired) electrons. The predicted molar refractivity (Wildman–Crippen MR) is 85.5 cm³/mol. The lowest BCUT2D eigenvalue weighted by atomic mass is 9.76. The molecule has 1 aromatic carbocycles. The Kier molecular flexibility index (Phi) is 4.94. The molecule has 21 heavy (non-hydrogen) atoms. The minimum atomic E-state index is -0.679. The smallest absolute Gasteiger partial charge is 0.311 e. The van der Waals surface area contributed by atoms with Crippen molar-refractivity contribution in [2.75, 3.05) is 20.2 Å². The second-order valence-corrected chi connectivity index (χ2v) is 6.95. The molecule has 0 bridgehead atoms. The van der Waals surface area contributed by atoms with Crippen LogP contribution < -0.4 is 4.74 Å². The molecule has 0 saturated carbocycles. The summed E-state index contributed by atoms with van der Waals surface area (Å²) >= 11 is 3.48. The topological polar surface area (TPSA) is 49.8 Å².